The summed E-state index contributed by atoms with van der Waals surface area (Å²) in [6, 6.07) is -0.987. The first-order chi connectivity index (χ1) is 33.8. The van der Waals surface area contributed by atoms with Gasteiger partial charge >= 0.3 is 0 Å². The molecule has 0 aromatic heterocycles. The van der Waals surface area contributed by atoms with Crippen molar-refractivity contribution in [1.82, 2.24) is 5.32 Å². The van der Waals surface area contributed by atoms with Crippen molar-refractivity contribution in [2.45, 2.75) is 266 Å². The van der Waals surface area contributed by atoms with Crippen molar-refractivity contribution in [1.29, 1.82) is 0 Å². The predicted molar refractivity (Wildman–Crippen MR) is 259 cm³/mol. The summed E-state index contributed by atoms with van der Waals surface area (Å²) >= 11 is 0. The van der Waals surface area contributed by atoms with Crippen LogP contribution in [-0.2, 0) is 33.2 Å². The van der Waals surface area contributed by atoms with E-state index in [0.29, 0.717) is 6.42 Å². The molecular weight excluding hydrogens is 915 g/mol. The SMILES string of the molecule is CCCCCCCCCCCCCCCCCCCCCC/C=C/CC/C=C/C(O)C(COC1OC(CO)C(OC2OC(CO)C(OC3OC(CO)C(O)C(O)C3O)C(O)C2O)C(O)C1O)NC(C)=O. The van der Waals surface area contributed by atoms with Gasteiger partial charge in [0.05, 0.1) is 38.6 Å². The van der Waals surface area contributed by atoms with Crippen LogP contribution >= 0.6 is 0 Å². The van der Waals surface area contributed by atoms with Gasteiger partial charge < -0.3 is 89.9 Å². The van der Waals surface area contributed by atoms with Crippen molar-refractivity contribution in [2.24, 2.45) is 0 Å². The second-order valence-electron chi connectivity index (χ2n) is 19.4. The molecular formula is C51H93NO18. The minimum atomic E-state index is -1.97. The quantitative estimate of drug-likeness (QED) is 0.0314. The maximum absolute atomic E-state index is 12.0. The minimum absolute atomic E-state index is 0.382. The maximum atomic E-state index is 12.0. The number of aliphatic hydroxyl groups excluding tert-OH is 11. The lowest BCUT2D eigenvalue weighted by atomic mass is 9.96. The van der Waals surface area contributed by atoms with E-state index in [1.807, 2.05) is 0 Å². The molecule has 3 rings (SSSR count). The number of allylic oxidation sites excluding steroid dienone is 3. The molecule has 3 aliphatic rings. The van der Waals surface area contributed by atoms with Gasteiger partial charge in [-0.3, -0.25) is 4.79 Å². The highest BCUT2D eigenvalue weighted by Gasteiger charge is 2.53. The van der Waals surface area contributed by atoms with Gasteiger partial charge in [0.25, 0.3) is 0 Å². The molecule has 0 aliphatic carbocycles. The van der Waals surface area contributed by atoms with Crippen molar-refractivity contribution in [3.8, 4) is 0 Å². The van der Waals surface area contributed by atoms with Crippen LogP contribution in [0.5, 0.6) is 0 Å². The lowest BCUT2D eigenvalue weighted by molar-refractivity contribution is -0.379. The summed E-state index contributed by atoms with van der Waals surface area (Å²) in [5, 5.41) is 118. The Hall–Kier alpha value is -1.73. The molecule has 3 fully saturated rings. The Balaban J connectivity index is 1.32. The Morgan fingerprint density at radius 2 is 0.886 bits per heavy atom. The molecule has 1 amide bonds. The standard InChI is InChI=1S/C51H93NO18/c1-3-4-5-6-7-8-9-10-11-12-13-14-15-16-17-18-19-20-21-22-23-24-25-26-27-28-29-36(57)35(52-34(2)56)33-65-49-45(63)42(60)47(38(31-54)67-49)70-51-46(64)43(61)48(39(32-55)68-51)69-50-44(62)41(59)40(58)37(30-53)66-50/h24-25,28-29,35-51,53-55,57-64H,3-23,26-27,30-33H2,1-2H3,(H,52,56)/b25-24+,29-28+. The van der Waals surface area contributed by atoms with Crippen LogP contribution in [0.1, 0.15) is 162 Å². The molecule has 0 aromatic rings. The fraction of sp³-hybridized carbons (Fsp3) is 0.902. The lowest BCUT2D eigenvalue weighted by Crippen LogP contribution is -2.66. The Labute approximate surface area is 416 Å². The number of hydrogen-bond donors (Lipinski definition) is 12. The van der Waals surface area contributed by atoms with Crippen LogP contribution in [0.2, 0.25) is 0 Å². The number of unbranched alkanes of at least 4 members (excludes halogenated alkanes) is 21. The molecule has 0 aromatic carbocycles. The average Bonchev–Trinajstić information content (AvgIpc) is 3.35. The molecule has 3 heterocycles. The summed E-state index contributed by atoms with van der Waals surface area (Å²) in [5.41, 5.74) is 0. The molecule has 0 radical (unpaired) electrons. The molecule has 3 saturated heterocycles. The number of carbonyl (C=O) groups excluding carboxylic acids is 1. The number of ether oxygens (including phenoxy) is 6. The van der Waals surface area contributed by atoms with Gasteiger partial charge in [-0.15, -0.1) is 0 Å². The van der Waals surface area contributed by atoms with Crippen molar-refractivity contribution < 1.29 is 89.4 Å². The zero-order chi connectivity index (χ0) is 51.3. The maximum Gasteiger partial charge on any atom is 0.217 e. The van der Waals surface area contributed by atoms with Gasteiger partial charge in [0.1, 0.15) is 73.2 Å². The van der Waals surface area contributed by atoms with Gasteiger partial charge in [-0.1, -0.05) is 153 Å². The Kier molecular flexibility index (Phi) is 32.4. The van der Waals surface area contributed by atoms with E-state index in [2.05, 4.69) is 24.4 Å². The van der Waals surface area contributed by atoms with E-state index in [-0.39, 0.29) is 6.61 Å². The third-order valence-corrected chi connectivity index (χ3v) is 13.5. The van der Waals surface area contributed by atoms with Gasteiger partial charge in [0.15, 0.2) is 18.9 Å². The first-order valence-corrected chi connectivity index (χ1v) is 26.5. The topological polar surface area (TPSA) is 307 Å². The van der Waals surface area contributed by atoms with Gasteiger partial charge in [-0.25, -0.2) is 0 Å². The number of aliphatic hydroxyl groups is 11. The summed E-state index contributed by atoms with van der Waals surface area (Å²) in [4.78, 5) is 12.0. The molecule has 0 bridgehead atoms. The molecule has 17 atom stereocenters. The van der Waals surface area contributed by atoms with Crippen LogP contribution in [0.15, 0.2) is 24.3 Å². The Morgan fingerprint density at radius 3 is 1.34 bits per heavy atom. The number of nitrogens with one attached hydrogen (secondary N) is 1. The predicted octanol–water partition coefficient (Wildman–Crippen LogP) is 2.42. The zero-order valence-electron chi connectivity index (χ0n) is 42.0. The van der Waals surface area contributed by atoms with Crippen LogP contribution in [-0.4, -0.2) is 193 Å². The number of carbonyl (C=O) groups is 1. The minimum Gasteiger partial charge on any atom is -0.394 e. The summed E-state index contributed by atoms with van der Waals surface area (Å²) in [6.07, 6.45) is 10.4. The van der Waals surface area contributed by atoms with Crippen LogP contribution in [0.4, 0.5) is 0 Å². The number of rotatable bonds is 37. The van der Waals surface area contributed by atoms with Crippen molar-refractivity contribution in [3.05, 3.63) is 24.3 Å². The molecule has 12 N–H and O–H groups in total. The Morgan fingerprint density at radius 1 is 0.500 bits per heavy atom. The van der Waals surface area contributed by atoms with E-state index in [4.69, 9.17) is 28.4 Å². The fourth-order valence-electron chi connectivity index (χ4n) is 9.18. The first kappa shape index (κ1) is 62.6. The molecule has 19 nitrogen and oxygen atoms in total. The largest absolute Gasteiger partial charge is 0.394 e. The summed E-state index contributed by atoms with van der Waals surface area (Å²) < 4.78 is 33.6. The van der Waals surface area contributed by atoms with Gasteiger partial charge in [-0.05, 0) is 25.7 Å². The summed E-state index contributed by atoms with van der Waals surface area (Å²) in [5.74, 6) is -0.462. The smallest absolute Gasteiger partial charge is 0.217 e. The normalized spacial score (nSPS) is 32.7. The van der Waals surface area contributed by atoms with E-state index in [1.165, 1.54) is 135 Å². The molecule has 0 saturated carbocycles. The van der Waals surface area contributed by atoms with E-state index in [9.17, 15) is 61.0 Å². The second kappa shape index (κ2) is 36.3. The van der Waals surface area contributed by atoms with E-state index >= 15 is 0 Å². The van der Waals surface area contributed by atoms with Gasteiger partial charge in [-0.2, -0.15) is 0 Å². The highest BCUT2D eigenvalue weighted by molar-refractivity contribution is 5.73. The van der Waals surface area contributed by atoms with Crippen LogP contribution in [0, 0.1) is 0 Å². The molecule has 70 heavy (non-hydrogen) atoms. The molecule has 17 unspecified atom stereocenters. The Bertz CT molecular complexity index is 1390. The third kappa shape index (κ3) is 22.0. The average molecular weight is 1010 g/mol. The van der Waals surface area contributed by atoms with E-state index in [0.717, 1.165) is 19.3 Å². The summed E-state index contributed by atoms with van der Waals surface area (Å²) in [6.45, 7) is 0.727. The number of amides is 1. The third-order valence-electron chi connectivity index (χ3n) is 13.5. The van der Waals surface area contributed by atoms with Crippen molar-refractivity contribution in [3.63, 3.8) is 0 Å². The van der Waals surface area contributed by atoms with E-state index in [1.54, 1.807) is 6.08 Å². The van der Waals surface area contributed by atoms with E-state index < -0.39 is 130 Å². The molecule has 410 valence electrons. The highest BCUT2D eigenvalue weighted by Crippen LogP contribution is 2.33. The first-order valence-electron chi connectivity index (χ1n) is 26.5. The van der Waals surface area contributed by atoms with Crippen molar-refractivity contribution in [2.75, 3.05) is 26.4 Å². The highest BCUT2D eigenvalue weighted by atomic mass is 16.8. The monoisotopic (exact) mass is 1010 g/mol. The number of hydrogen-bond acceptors (Lipinski definition) is 18. The van der Waals surface area contributed by atoms with Gasteiger partial charge in [0, 0.05) is 6.92 Å². The van der Waals surface area contributed by atoms with Gasteiger partial charge in [0.2, 0.25) is 5.91 Å². The van der Waals surface area contributed by atoms with Crippen LogP contribution in [0.25, 0.3) is 0 Å². The summed E-state index contributed by atoms with van der Waals surface area (Å²) in [7, 11) is 0. The van der Waals surface area contributed by atoms with Crippen LogP contribution < -0.4 is 5.32 Å². The molecule has 3 aliphatic heterocycles. The lowest BCUT2D eigenvalue weighted by Gasteiger charge is -2.48. The van der Waals surface area contributed by atoms with Crippen LogP contribution in [0.3, 0.4) is 0 Å². The van der Waals surface area contributed by atoms with Crippen molar-refractivity contribution >= 4 is 5.91 Å². The zero-order valence-corrected chi connectivity index (χ0v) is 42.0. The molecule has 19 heteroatoms. The fourth-order valence-corrected chi connectivity index (χ4v) is 9.18. The second-order valence-corrected chi connectivity index (χ2v) is 19.4. The molecule has 0 spiro atoms.